The molecule has 4 rings (SSSR count). The zero-order valence-corrected chi connectivity index (χ0v) is 13.9. The number of aromatic nitrogens is 1. The molecular formula is C18H20N4O3. The second kappa shape index (κ2) is 6.63. The summed E-state index contributed by atoms with van der Waals surface area (Å²) in [6.45, 7) is 2.15. The topological polar surface area (TPSA) is 95.3 Å². The quantitative estimate of drug-likeness (QED) is 0.899. The van der Waals surface area contributed by atoms with Crippen molar-refractivity contribution in [2.45, 2.75) is 25.7 Å². The van der Waals surface area contributed by atoms with Crippen molar-refractivity contribution in [3.05, 3.63) is 24.1 Å². The fourth-order valence-electron chi connectivity index (χ4n) is 3.16. The number of amides is 1. The van der Waals surface area contributed by atoms with Crippen LogP contribution in [0.15, 0.2) is 27.2 Å². The van der Waals surface area contributed by atoms with E-state index in [1.165, 1.54) is 19.1 Å². The first-order valence-corrected chi connectivity index (χ1v) is 8.72. The van der Waals surface area contributed by atoms with Gasteiger partial charge in [-0.3, -0.25) is 4.79 Å². The van der Waals surface area contributed by atoms with Gasteiger partial charge in [-0.1, -0.05) is 0 Å². The van der Waals surface area contributed by atoms with E-state index in [0.717, 1.165) is 19.4 Å². The Labute approximate surface area is 145 Å². The van der Waals surface area contributed by atoms with Crippen molar-refractivity contribution in [1.82, 2.24) is 10.3 Å². The van der Waals surface area contributed by atoms with Gasteiger partial charge in [0.05, 0.1) is 6.26 Å². The van der Waals surface area contributed by atoms with Gasteiger partial charge >= 0.3 is 0 Å². The standard InChI is InChI=1S/C18H20N4O3/c19-10-14-18(25-17(21-14)15-2-1-9-24-15)22-7-5-13(6-8-22)16(23)20-11-12-3-4-12/h1-2,9,12-13H,3-8,11H2,(H,20,23). The highest BCUT2D eigenvalue weighted by Gasteiger charge is 2.30. The molecule has 7 heteroatoms. The molecule has 2 aliphatic rings. The van der Waals surface area contributed by atoms with Crippen molar-refractivity contribution >= 4 is 11.8 Å². The highest BCUT2D eigenvalue weighted by molar-refractivity contribution is 5.79. The number of anilines is 1. The average Bonchev–Trinajstić information content (AvgIpc) is 3.13. The van der Waals surface area contributed by atoms with Crippen LogP contribution in [0.1, 0.15) is 31.4 Å². The lowest BCUT2D eigenvalue weighted by Gasteiger charge is -2.30. The number of oxazole rings is 1. The summed E-state index contributed by atoms with van der Waals surface area (Å²) in [5, 5.41) is 12.4. The van der Waals surface area contributed by atoms with E-state index >= 15 is 0 Å². The number of nitriles is 1. The van der Waals surface area contributed by atoms with Gasteiger partial charge in [0.15, 0.2) is 5.76 Å². The Kier molecular flexibility index (Phi) is 4.18. The molecule has 1 aliphatic carbocycles. The van der Waals surface area contributed by atoms with Gasteiger partial charge in [-0.15, -0.1) is 0 Å². The van der Waals surface area contributed by atoms with Gasteiger partial charge in [0.2, 0.25) is 17.5 Å². The van der Waals surface area contributed by atoms with Crippen molar-refractivity contribution in [3.8, 4) is 17.7 Å². The van der Waals surface area contributed by atoms with Crippen LogP contribution < -0.4 is 10.2 Å². The molecule has 1 saturated carbocycles. The van der Waals surface area contributed by atoms with Gasteiger partial charge < -0.3 is 19.1 Å². The molecule has 7 nitrogen and oxygen atoms in total. The highest BCUT2D eigenvalue weighted by atomic mass is 16.4. The fraction of sp³-hybridized carbons (Fsp3) is 0.500. The number of nitrogens with zero attached hydrogens (tertiary/aromatic N) is 3. The molecule has 130 valence electrons. The van der Waals surface area contributed by atoms with Crippen molar-refractivity contribution in [2.75, 3.05) is 24.5 Å². The molecule has 1 N–H and O–H groups in total. The van der Waals surface area contributed by atoms with Gasteiger partial charge in [-0.2, -0.15) is 10.2 Å². The second-order valence-electron chi connectivity index (χ2n) is 6.71. The number of carbonyl (C=O) groups excluding carboxylic acids is 1. The van der Waals surface area contributed by atoms with Crippen molar-refractivity contribution in [3.63, 3.8) is 0 Å². The van der Waals surface area contributed by atoms with E-state index in [1.54, 1.807) is 12.1 Å². The molecule has 1 amide bonds. The summed E-state index contributed by atoms with van der Waals surface area (Å²) in [5.41, 5.74) is 0.253. The van der Waals surface area contributed by atoms with Gasteiger partial charge in [0.25, 0.3) is 5.89 Å². The monoisotopic (exact) mass is 340 g/mol. The summed E-state index contributed by atoms with van der Waals surface area (Å²) in [6.07, 6.45) is 5.51. The molecule has 0 aromatic carbocycles. The highest BCUT2D eigenvalue weighted by Crippen LogP contribution is 2.31. The van der Waals surface area contributed by atoms with Crippen molar-refractivity contribution in [2.24, 2.45) is 11.8 Å². The summed E-state index contributed by atoms with van der Waals surface area (Å²) in [6, 6.07) is 5.57. The predicted octanol–water partition coefficient (Wildman–Crippen LogP) is 2.55. The van der Waals surface area contributed by atoms with Crippen LogP contribution in [0.3, 0.4) is 0 Å². The largest absolute Gasteiger partial charge is 0.459 e. The molecule has 0 unspecified atom stereocenters. The Bertz CT molecular complexity index is 778. The lowest BCUT2D eigenvalue weighted by molar-refractivity contribution is -0.125. The van der Waals surface area contributed by atoms with Gasteiger partial charge in [0, 0.05) is 25.6 Å². The first-order valence-electron chi connectivity index (χ1n) is 8.72. The number of furan rings is 1. The maximum Gasteiger partial charge on any atom is 0.266 e. The minimum atomic E-state index is 0.0352. The maximum absolute atomic E-state index is 12.2. The van der Waals surface area contributed by atoms with E-state index in [-0.39, 0.29) is 17.5 Å². The summed E-state index contributed by atoms with van der Waals surface area (Å²) < 4.78 is 11.1. The van der Waals surface area contributed by atoms with Crippen LogP contribution in [0.5, 0.6) is 0 Å². The van der Waals surface area contributed by atoms with Crippen LogP contribution in [-0.4, -0.2) is 30.5 Å². The van der Waals surface area contributed by atoms with E-state index in [1.807, 2.05) is 4.90 Å². The van der Waals surface area contributed by atoms with Crippen LogP contribution in [-0.2, 0) is 4.79 Å². The zero-order chi connectivity index (χ0) is 17.2. The molecule has 1 saturated heterocycles. The molecule has 1 aliphatic heterocycles. The average molecular weight is 340 g/mol. The van der Waals surface area contributed by atoms with Gasteiger partial charge in [-0.05, 0) is 43.7 Å². The SMILES string of the molecule is N#Cc1nc(-c2ccco2)oc1N1CCC(C(=O)NCC2CC2)CC1. The van der Waals surface area contributed by atoms with E-state index in [4.69, 9.17) is 8.83 Å². The van der Waals surface area contributed by atoms with Crippen LogP contribution in [0, 0.1) is 23.2 Å². The van der Waals surface area contributed by atoms with Crippen molar-refractivity contribution in [1.29, 1.82) is 5.26 Å². The van der Waals surface area contributed by atoms with Crippen LogP contribution in [0.4, 0.5) is 5.88 Å². The number of rotatable bonds is 5. The molecule has 2 aromatic heterocycles. The molecular weight excluding hydrogens is 320 g/mol. The third-order valence-corrected chi connectivity index (χ3v) is 4.86. The van der Waals surface area contributed by atoms with E-state index < -0.39 is 0 Å². The first-order chi connectivity index (χ1) is 12.2. The molecule has 0 bridgehead atoms. The molecule has 2 aromatic rings. The maximum atomic E-state index is 12.2. The second-order valence-corrected chi connectivity index (χ2v) is 6.71. The molecule has 2 fully saturated rings. The Morgan fingerprint density at radius 2 is 2.16 bits per heavy atom. The molecule has 0 radical (unpaired) electrons. The minimum absolute atomic E-state index is 0.0352. The first kappa shape index (κ1) is 15.8. The Morgan fingerprint density at radius 3 is 2.80 bits per heavy atom. The van der Waals surface area contributed by atoms with Gasteiger partial charge in [0.1, 0.15) is 6.07 Å². The number of hydrogen-bond acceptors (Lipinski definition) is 6. The predicted molar refractivity (Wildman–Crippen MR) is 89.6 cm³/mol. The number of nitrogens with one attached hydrogen (secondary N) is 1. The molecule has 3 heterocycles. The number of hydrogen-bond donors (Lipinski definition) is 1. The molecule has 0 spiro atoms. The zero-order valence-electron chi connectivity index (χ0n) is 13.9. The lowest BCUT2D eigenvalue weighted by atomic mass is 9.96. The Hall–Kier alpha value is -2.75. The van der Waals surface area contributed by atoms with E-state index in [2.05, 4.69) is 16.4 Å². The normalized spacial score (nSPS) is 18.1. The summed E-state index contributed by atoms with van der Waals surface area (Å²) in [4.78, 5) is 18.4. The minimum Gasteiger partial charge on any atom is -0.459 e. The molecule has 0 atom stereocenters. The summed E-state index contributed by atoms with van der Waals surface area (Å²) >= 11 is 0. The summed E-state index contributed by atoms with van der Waals surface area (Å²) in [7, 11) is 0. The van der Waals surface area contributed by atoms with Gasteiger partial charge in [-0.25, -0.2) is 0 Å². The smallest absolute Gasteiger partial charge is 0.266 e. The Morgan fingerprint density at radius 1 is 1.36 bits per heavy atom. The van der Waals surface area contributed by atoms with Crippen LogP contribution in [0.25, 0.3) is 11.7 Å². The number of carbonyl (C=O) groups is 1. The lowest BCUT2D eigenvalue weighted by Crippen LogP contribution is -2.41. The third-order valence-electron chi connectivity index (χ3n) is 4.86. The Balaban J connectivity index is 1.40. The summed E-state index contributed by atoms with van der Waals surface area (Å²) in [5.74, 6) is 2.15. The number of piperidine rings is 1. The van der Waals surface area contributed by atoms with E-state index in [9.17, 15) is 10.1 Å². The van der Waals surface area contributed by atoms with Crippen molar-refractivity contribution < 1.29 is 13.6 Å². The third kappa shape index (κ3) is 3.38. The van der Waals surface area contributed by atoms with Crippen LogP contribution >= 0.6 is 0 Å². The van der Waals surface area contributed by atoms with E-state index in [0.29, 0.717) is 36.5 Å². The molecule has 25 heavy (non-hydrogen) atoms. The fourth-order valence-corrected chi connectivity index (χ4v) is 3.16. The van der Waals surface area contributed by atoms with Crippen LogP contribution in [0.2, 0.25) is 0 Å².